The number of ether oxygens (including phenoxy) is 1. The SMILES string of the molecule is Fc1cccc(F)c1COc1ccc2[nH]ccc2c1. The van der Waals surface area contributed by atoms with Gasteiger partial charge in [-0.25, -0.2) is 8.78 Å². The highest BCUT2D eigenvalue weighted by atomic mass is 19.1. The summed E-state index contributed by atoms with van der Waals surface area (Å²) in [6.07, 6.45) is 1.82. The zero-order valence-electron chi connectivity index (χ0n) is 9.99. The Bertz CT molecular complexity index is 701. The second-order valence-electron chi connectivity index (χ2n) is 4.22. The number of fused-ring (bicyclic) bond motifs is 1. The number of aromatic amines is 1. The summed E-state index contributed by atoms with van der Waals surface area (Å²) in [6.45, 7) is -0.131. The van der Waals surface area contributed by atoms with Gasteiger partial charge in [-0.15, -0.1) is 0 Å². The molecule has 2 nitrogen and oxygen atoms in total. The van der Waals surface area contributed by atoms with Crippen LogP contribution in [-0.4, -0.2) is 4.98 Å². The lowest BCUT2D eigenvalue weighted by molar-refractivity contribution is 0.293. The maximum absolute atomic E-state index is 13.4. The molecule has 1 heterocycles. The van der Waals surface area contributed by atoms with Gasteiger partial charge in [0.15, 0.2) is 0 Å². The molecule has 2 aromatic carbocycles. The van der Waals surface area contributed by atoms with Crippen molar-refractivity contribution in [2.24, 2.45) is 0 Å². The molecule has 0 aliphatic rings. The molecule has 0 fully saturated rings. The van der Waals surface area contributed by atoms with Crippen LogP contribution < -0.4 is 4.74 Å². The fourth-order valence-corrected chi connectivity index (χ4v) is 1.95. The van der Waals surface area contributed by atoms with Crippen molar-refractivity contribution in [2.75, 3.05) is 0 Å². The molecule has 0 radical (unpaired) electrons. The zero-order chi connectivity index (χ0) is 13.2. The van der Waals surface area contributed by atoms with Gasteiger partial charge in [-0.1, -0.05) is 6.07 Å². The first-order valence-electron chi connectivity index (χ1n) is 5.87. The van der Waals surface area contributed by atoms with Crippen molar-refractivity contribution < 1.29 is 13.5 Å². The topological polar surface area (TPSA) is 25.0 Å². The van der Waals surface area contributed by atoms with E-state index in [1.165, 1.54) is 18.2 Å². The summed E-state index contributed by atoms with van der Waals surface area (Å²) >= 11 is 0. The zero-order valence-corrected chi connectivity index (χ0v) is 9.99. The van der Waals surface area contributed by atoms with E-state index < -0.39 is 11.6 Å². The summed E-state index contributed by atoms with van der Waals surface area (Å²) in [5, 5.41) is 0.992. The Morgan fingerprint density at radius 1 is 1.00 bits per heavy atom. The van der Waals surface area contributed by atoms with E-state index in [1.807, 2.05) is 24.4 Å². The van der Waals surface area contributed by atoms with Gasteiger partial charge in [0.1, 0.15) is 24.0 Å². The van der Waals surface area contributed by atoms with E-state index in [9.17, 15) is 8.78 Å². The Balaban J connectivity index is 1.82. The van der Waals surface area contributed by atoms with Gasteiger partial charge in [-0.2, -0.15) is 0 Å². The van der Waals surface area contributed by atoms with Crippen LogP contribution in [0.25, 0.3) is 10.9 Å². The fourth-order valence-electron chi connectivity index (χ4n) is 1.95. The highest BCUT2D eigenvalue weighted by Gasteiger charge is 2.09. The third kappa shape index (κ3) is 2.29. The molecule has 0 unspecified atom stereocenters. The van der Waals surface area contributed by atoms with E-state index in [2.05, 4.69) is 4.98 Å². The Kier molecular flexibility index (Phi) is 2.91. The van der Waals surface area contributed by atoms with Crippen LogP contribution in [0.5, 0.6) is 5.75 Å². The molecule has 0 saturated carbocycles. The molecule has 96 valence electrons. The van der Waals surface area contributed by atoms with Crippen molar-refractivity contribution in [1.29, 1.82) is 0 Å². The van der Waals surface area contributed by atoms with Gasteiger partial charge in [-0.3, -0.25) is 0 Å². The van der Waals surface area contributed by atoms with Crippen LogP contribution in [0.3, 0.4) is 0 Å². The Morgan fingerprint density at radius 3 is 2.58 bits per heavy atom. The summed E-state index contributed by atoms with van der Waals surface area (Å²) in [6, 6.07) is 11.1. The molecule has 0 amide bonds. The average Bonchev–Trinajstić information content (AvgIpc) is 2.85. The third-order valence-corrected chi connectivity index (χ3v) is 2.97. The number of nitrogens with one attached hydrogen (secondary N) is 1. The quantitative estimate of drug-likeness (QED) is 0.754. The molecular weight excluding hydrogens is 248 g/mol. The Morgan fingerprint density at radius 2 is 1.79 bits per heavy atom. The number of hydrogen-bond donors (Lipinski definition) is 1. The maximum atomic E-state index is 13.4. The molecule has 0 saturated heterocycles. The molecule has 0 aliphatic carbocycles. The smallest absolute Gasteiger partial charge is 0.132 e. The molecule has 3 aromatic rings. The van der Waals surface area contributed by atoms with Crippen molar-refractivity contribution in [3.05, 3.63) is 65.9 Å². The molecule has 1 N–H and O–H groups in total. The first kappa shape index (κ1) is 11.7. The largest absolute Gasteiger partial charge is 0.489 e. The first-order valence-corrected chi connectivity index (χ1v) is 5.87. The normalized spacial score (nSPS) is 10.8. The number of hydrogen-bond acceptors (Lipinski definition) is 1. The lowest BCUT2D eigenvalue weighted by Crippen LogP contribution is -2.01. The number of halogens is 2. The van der Waals surface area contributed by atoms with Gasteiger partial charge in [0.25, 0.3) is 0 Å². The van der Waals surface area contributed by atoms with Gasteiger partial charge < -0.3 is 9.72 Å². The van der Waals surface area contributed by atoms with Crippen molar-refractivity contribution in [2.45, 2.75) is 6.61 Å². The molecule has 19 heavy (non-hydrogen) atoms. The second kappa shape index (κ2) is 4.72. The Hall–Kier alpha value is -2.36. The van der Waals surface area contributed by atoms with E-state index in [0.717, 1.165) is 10.9 Å². The van der Waals surface area contributed by atoms with E-state index in [-0.39, 0.29) is 12.2 Å². The van der Waals surface area contributed by atoms with E-state index in [0.29, 0.717) is 5.75 Å². The minimum Gasteiger partial charge on any atom is -0.489 e. The third-order valence-electron chi connectivity index (χ3n) is 2.97. The lowest BCUT2D eigenvalue weighted by atomic mass is 10.2. The van der Waals surface area contributed by atoms with Crippen LogP contribution >= 0.6 is 0 Å². The highest BCUT2D eigenvalue weighted by Crippen LogP contribution is 2.21. The van der Waals surface area contributed by atoms with Crippen molar-refractivity contribution >= 4 is 10.9 Å². The van der Waals surface area contributed by atoms with Crippen LogP contribution in [0.15, 0.2) is 48.7 Å². The molecule has 0 spiro atoms. The monoisotopic (exact) mass is 259 g/mol. The van der Waals surface area contributed by atoms with Gasteiger partial charge >= 0.3 is 0 Å². The van der Waals surface area contributed by atoms with E-state index in [4.69, 9.17) is 4.74 Å². The van der Waals surface area contributed by atoms with Crippen LogP contribution in [0.4, 0.5) is 8.78 Å². The average molecular weight is 259 g/mol. The first-order chi connectivity index (χ1) is 9.24. The van der Waals surface area contributed by atoms with Crippen LogP contribution in [0.2, 0.25) is 0 Å². The number of H-pyrrole nitrogens is 1. The van der Waals surface area contributed by atoms with E-state index in [1.54, 1.807) is 6.07 Å². The van der Waals surface area contributed by atoms with Crippen molar-refractivity contribution in [1.82, 2.24) is 4.98 Å². The second-order valence-corrected chi connectivity index (χ2v) is 4.22. The lowest BCUT2D eigenvalue weighted by Gasteiger charge is -2.08. The predicted octanol–water partition coefficient (Wildman–Crippen LogP) is 4.03. The number of rotatable bonds is 3. The molecular formula is C15H11F2NO. The summed E-state index contributed by atoms with van der Waals surface area (Å²) in [7, 11) is 0. The van der Waals surface area contributed by atoms with Crippen molar-refractivity contribution in [3.8, 4) is 5.75 Å². The molecule has 0 atom stereocenters. The highest BCUT2D eigenvalue weighted by molar-refractivity contribution is 5.80. The predicted molar refractivity (Wildman–Crippen MR) is 69.0 cm³/mol. The molecule has 1 aromatic heterocycles. The summed E-state index contributed by atoms with van der Waals surface area (Å²) in [5.41, 5.74) is 0.932. The van der Waals surface area contributed by atoms with Gasteiger partial charge in [0.2, 0.25) is 0 Å². The Labute approximate surface area is 108 Å². The van der Waals surface area contributed by atoms with Crippen LogP contribution in [-0.2, 0) is 6.61 Å². The maximum Gasteiger partial charge on any atom is 0.132 e. The number of aromatic nitrogens is 1. The summed E-state index contributed by atoms with van der Waals surface area (Å²) < 4.78 is 32.3. The minimum atomic E-state index is -0.595. The standard InChI is InChI=1S/C15H11F2NO/c16-13-2-1-3-14(17)12(13)9-19-11-4-5-15-10(8-11)6-7-18-15/h1-8,18H,9H2. The van der Waals surface area contributed by atoms with Crippen LogP contribution in [0, 0.1) is 11.6 Å². The molecule has 0 bridgehead atoms. The summed E-state index contributed by atoms with van der Waals surface area (Å²) in [4.78, 5) is 3.06. The molecule has 0 aliphatic heterocycles. The summed E-state index contributed by atoms with van der Waals surface area (Å²) in [5.74, 6) is -0.611. The van der Waals surface area contributed by atoms with Gasteiger partial charge in [0.05, 0.1) is 5.56 Å². The molecule has 4 heteroatoms. The molecule has 3 rings (SSSR count). The minimum absolute atomic E-state index is 0.0586. The number of benzene rings is 2. The fraction of sp³-hybridized carbons (Fsp3) is 0.0667. The van der Waals surface area contributed by atoms with Gasteiger partial charge in [-0.05, 0) is 36.4 Å². The van der Waals surface area contributed by atoms with Gasteiger partial charge in [0, 0.05) is 17.1 Å². The van der Waals surface area contributed by atoms with Crippen LogP contribution in [0.1, 0.15) is 5.56 Å². The van der Waals surface area contributed by atoms with Crippen molar-refractivity contribution in [3.63, 3.8) is 0 Å². The van der Waals surface area contributed by atoms with E-state index >= 15 is 0 Å².